The van der Waals surface area contributed by atoms with Gasteiger partial charge in [-0.15, -0.1) is 0 Å². The Morgan fingerprint density at radius 1 is 1.41 bits per heavy atom. The van der Waals surface area contributed by atoms with E-state index in [2.05, 4.69) is 40.3 Å². The number of allylic oxidation sites excluding steroid dienone is 1. The van der Waals surface area contributed by atoms with Crippen molar-refractivity contribution >= 4 is 15.9 Å². The van der Waals surface area contributed by atoms with E-state index >= 15 is 0 Å². The molecule has 17 heavy (non-hydrogen) atoms. The van der Waals surface area contributed by atoms with Gasteiger partial charge >= 0.3 is 0 Å². The van der Waals surface area contributed by atoms with Crippen LogP contribution in [-0.4, -0.2) is 13.2 Å². The molecule has 0 amide bonds. The van der Waals surface area contributed by atoms with Crippen LogP contribution >= 0.6 is 15.9 Å². The molecule has 0 saturated carbocycles. The van der Waals surface area contributed by atoms with Crippen molar-refractivity contribution in [2.75, 3.05) is 13.2 Å². The van der Waals surface area contributed by atoms with Gasteiger partial charge in [-0.25, -0.2) is 0 Å². The van der Waals surface area contributed by atoms with Crippen molar-refractivity contribution in [2.45, 2.75) is 26.8 Å². The number of halogens is 1. The molecule has 0 saturated heterocycles. The van der Waals surface area contributed by atoms with Crippen LogP contribution in [0.25, 0.3) is 0 Å². The summed E-state index contributed by atoms with van der Waals surface area (Å²) in [6.45, 7) is 6.73. The van der Waals surface area contributed by atoms with Gasteiger partial charge in [0.2, 0.25) is 0 Å². The zero-order valence-electron chi connectivity index (χ0n) is 10.5. The first kappa shape index (κ1) is 14.3. The monoisotopic (exact) mass is 297 g/mol. The summed E-state index contributed by atoms with van der Waals surface area (Å²) < 4.78 is 6.62. The molecular weight excluding hydrogens is 278 g/mol. The topological polar surface area (TPSA) is 21.3 Å². The molecule has 1 aromatic carbocycles. The summed E-state index contributed by atoms with van der Waals surface area (Å²) in [6.07, 6.45) is 5.13. The number of benzene rings is 1. The van der Waals surface area contributed by atoms with E-state index in [0.29, 0.717) is 6.61 Å². The maximum atomic E-state index is 5.60. The van der Waals surface area contributed by atoms with Crippen LogP contribution in [0.4, 0.5) is 0 Å². The molecule has 0 aromatic heterocycles. The predicted molar refractivity (Wildman–Crippen MR) is 76.4 cm³/mol. The Balaban J connectivity index is 2.53. The molecule has 1 rings (SSSR count). The lowest BCUT2D eigenvalue weighted by molar-refractivity contribution is 0.360. The summed E-state index contributed by atoms with van der Waals surface area (Å²) in [4.78, 5) is 0. The van der Waals surface area contributed by atoms with E-state index in [1.807, 2.05) is 25.1 Å². The van der Waals surface area contributed by atoms with Crippen LogP contribution in [0, 0.1) is 0 Å². The lowest BCUT2D eigenvalue weighted by Gasteiger charge is -2.08. The van der Waals surface area contributed by atoms with Crippen LogP contribution in [-0.2, 0) is 6.54 Å². The van der Waals surface area contributed by atoms with E-state index in [4.69, 9.17) is 4.74 Å². The summed E-state index contributed by atoms with van der Waals surface area (Å²) in [5.74, 6) is 0.891. The molecule has 0 atom stereocenters. The van der Waals surface area contributed by atoms with Gasteiger partial charge in [0, 0.05) is 6.54 Å². The largest absolute Gasteiger partial charge is 0.488 e. The standard InChI is InChI=1S/C14H20BrNO/c1-3-5-9-17-14-7-6-12(10-13(14)15)11-16-8-4-2/h3,5-7,10,16H,4,8-9,11H2,1-2H3/b5-3+. The number of hydrogen-bond acceptors (Lipinski definition) is 2. The highest BCUT2D eigenvalue weighted by atomic mass is 79.9. The molecule has 0 unspecified atom stereocenters. The van der Waals surface area contributed by atoms with E-state index in [-0.39, 0.29) is 0 Å². The third-order valence-electron chi connectivity index (χ3n) is 2.32. The minimum absolute atomic E-state index is 0.614. The van der Waals surface area contributed by atoms with Crippen molar-refractivity contribution in [3.63, 3.8) is 0 Å². The van der Waals surface area contributed by atoms with Crippen LogP contribution in [0.2, 0.25) is 0 Å². The van der Waals surface area contributed by atoms with E-state index in [1.165, 1.54) is 5.56 Å². The second kappa shape index (κ2) is 8.31. The maximum Gasteiger partial charge on any atom is 0.133 e. The zero-order chi connectivity index (χ0) is 12.5. The fourth-order valence-electron chi connectivity index (χ4n) is 1.41. The second-order valence-electron chi connectivity index (χ2n) is 3.82. The molecule has 3 heteroatoms. The van der Waals surface area contributed by atoms with E-state index < -0.39 is 0 Å². The third-order valence-corrected chi connectivity index (χ3v) is 2.94. The average Bonchev–Trinajstić information content (AvgIpc) is 2.32. The average molecular weight is 298 g/mol. The molecule has 1 aromatic rings. The molecule has 0 aliphatic carbocycles. The van der Waals surface area contributed by atoms with E-state index in [9.17, 15) is 0 Å². The lowest BCUT2D eigenvalue weighted by Crippen LogP contribution is -2.13. The molecular formula is C14H20BrNO. The molecule has 0 radical (unpaired) electrons. The predicted octanol–water partition coefficient (Wildman–Crippen LogP) is 3.90. The van der Waals surface area contributed by atoms with Gasteiger partial charge < -0.3 is 10.1 Å². The van der Waals surface area contributed by atoms with Gasteiger partial charge in [0.25, 0.3) is 0 Å². The summed E-state index contributed by atoms with van der Waals surface area (Å²) in [5, 5.41) is 3.38. The number of ether oxygens (including phenoxy) is 1. The molecule has 0 bridgehead atoms. The van der Waals surface area contributed by atoms with Crippen molar-refractivity contribution in [1.82, 2.24) is 5.32 Å². The SMILES string of the molecule is C/C=C/COc1ccc(CNCCC)cc1Br. The number of rotatable bonds is 7. The number of hydrogen-bond donors (Lipinski definition) is 1. The van der Waals surface area contributed by atoms with Crippen LogP contribution in [0.3, 0.4) is 0 Å². The first-order chi connectivity index (χ1) is 8.27. The minimum Gasteiger partial charge on any atom is -0.488 e. The van der Waals surface area contributed by atoms with Crippen molar-refractivity contribution < 1.29 is 4.74 Å². The van der Waals surface area contributed by atoms with Crippen molar-refractivity contribution in [3.05, 3.63) is 40.4 Å². The molecule has 0 aliphatic rings. The normalized spacial score (nSPS) is 11.0. The van der Waals surface area contributed by atoms with Crippen LogP contribution in [0.5, 0.6) is 5.75 Å². The van der Waals surface area contributed by atoms with Crippen molar-refractivity contribution in [2.24, 2.45) is 0 Å². The van der Waals surface area contributed by atoms with Crippen LogP contribution < -0.4 is 10.1 Å². The van der Waals surface area contributed by atoms with E-state index in [1.54, 1.807) is 0 Å². The fraction of sp³-hybridized carbons (Fsp3) is 0.429. The van der Waals surface area contributed by atoms with Crippen LogP contribution in [0.1, 0.15) is 25.8 Å². The minimum atomic E-state index is 0.614. The van der Waals surface area contributed by atoms with Gasteiger partial charge in [-0.05, 0) is 53.5 Å². The molecule has 0 heterocycles. The molecule has 0 spiro atoms. The molecule has 2 nitrogen and oxygen atoms in total. The van der Waals surface area contributed by atoms with Gasteiger partial charge in [-0.1, -0.05) is 25.1 Å². The summed E-state index contributed by atoms with van der Waals surface area (Å²) in [5.41, 5.74) is 1.27. The summed E-state index contributed by atoms with van der Waals surface area (Å²) >= 11 is 3.53. The number of nitrogens with one attached hydrogen (secondary N) is 1. The van der Waals surface area contributed by atoms with E-state index in [0.717, 1.165) is 29.7 Å². The van der Waals surface area contributed by atoms with Crippen molar-refractivity contribution in [1.29, 1.82) is 0 Å². The van der Waals surface area contributed by atoms with Gasteiger partial charge in [0.15, 0.2) is 0 Å². The van der Waals surface area contributed by atoms with Gasteiger partial charge in [-0.2, -0.15) is 0 Å². The Kier molecular flexibility index (Phi) is 6.97. The highest BCUT2D eigenvalue weighted by Gasteiger charge is 2.01. The summed E-state index contributed by atoms with van der Waals surface area (Å²) in [7, 11) is 0. The second-order valence-corrected chi connectivity index (χ2v) is 4.68. The van der Waals surface area contributed by atoms with Crippen molar-refractivity contribution in [3.8, 4) is 5.75 Å². The first-order valence-corrected chi connectivity index (χ1v) is 6.80. The molecule has 94 valence electrons. The highest BCUT2D eigenvalue weighted by molar-refractivity contribution is 9.10. The first-order valence-electron chi connectivity index (χ1n) is 6.01. The lowest BCUT2D eigenvalue weighted by atomic mass is 10.2. The third kappa shape index (κ3) is 5.37. The quantitative estimate of drug-likeness (QED) is 0.609. The Morgan fingerprint density at radius 3 is 2.88 bits per heavy atom. The Hall–Kier alpha value is -0.800. The van der Waals surface area contributed by atoms with Gasteiger partial charge in [0.05, 0.1) is 4.47 Å². The Bertz CT molecular complexity index is 363. The smallest absolute Gasteiger partial charge is 0.133 e. The Morgan fingerprint density at radius 2 is 2.24 bits per heavy atom. The molecule has 0 fully saturated rings. The van der Waals surface area contributed by atoms with Crippen LogP contribution in [0.15, 0.2) is 34.8 Å². The highest BCUT2D eigenvalue weighted by Crippen LogP contribution is 2.25. The Labute approximate surface area is 112 Å². The molecule has 1 N–H and O–H groups in total. The zero-order valence-corrected chi connectivity index (χ0v) is 12.1. The fourth-order valence-corrected chi connectivity index (χ4v) is 1.96. The molecule has 0 aliphatic heterocycles. The van der Waals surface area contributed by atoms with Gasteiger partial charge in [-0.3, -0.25) is 0 Å². The maximum absolute atomic E-state index is 5.60. The van der Waals surface area contributed by atoms with Gasteiger partial charge in [0.1, 0.15) is 12.4 Å². The summed E-state index contributed by atoms with van der Waals surface area (Å²) in [6, 6.07) is 6.21.